The van der Waals surface area contributed by atoms with Crippen LogP contribution in [-0.4, -0.2) is 23.4 Å². The van der Waals surface area contributed by atoms with Crippen LogP contribution in [0, 0.1) is 0 Å². The second kappa shape index (κ2) is 6.33. The first-order valence-electron chi connectivity index (χ1n) is 6.20. The lowest BCUT2D eigenvalue weighted by Gasteiger charge is -2.26. The average Bonchev–Trinajstić information content (AvgIpc) is 2.27. The van der Waals surface area contributed by atoms with Gasteiger partial charge in [-0.3, -0.25) is 9.59 Å². The van der Waals surface area contributed by atoms with Crippen molar-refractivity contribution in [1.29, 1.82) is 0 Å². The summed E-state index contributed by atoms with van der Waals surface area (Å²) in [6.07, 6.45) is 0.538. The van der Waals surface area contributed by atoms with E-state index in [-0.39, 0.29) is 12.3 Å². The van der Waals surface area contributed by atoms with E-state index < -0.39 is 17.5 Å². The van der Waals surface area contributed by atoms with E-state index in [1.54, 1.807) is 13.8 Å². The maximum Gasteiger partial charge on any atom is 0.237 e. The summed E-state index contributed by atoms with van der Waals surface area (Å²) in [7, 11) is 0. The third-order valence-electron chi connectivity index (χ3n) is 2.71. The standard InChI is InChI=1S/C14H21N3O2/c1-14(2,9-12(16)18)17-13(19)11(15)8-10-6-4-3-5-7-10/h3-7,11H,8-9,15H2,1-2H3,(H2,16,18)(H,17,19)/t11-/m1/s1. The molecule has 1 aromatic carbocycles. The number of rotatable bonds is 6. The second-order valence-electron chi connectivity index (χ2n) is 5.31. The molecule has 1 atom stereocenters. The van der Waals surface area contributed by atoms with Gasteiger partial charge in [0.15, 0.2) is 0 Å². The lowest BCUT2D eigenvalue weighted by molar-refractivity contribution is -0.125. The summed E-state index contributed by atoms with van der Waals surface area (Å²) in [5.74, 6) is -0.739. The Balaban J connectivity index is 2.56. The van der Waals surface area contributed by atoms with Crippen molar-refractivity contribution in [2.24, 2.45) is 11.5 Å². The highest BCUT2D eigenvalue weighted by atomic mass is 16.2. The van der Waals surface area contributed by atoms with Crippen molar-refractivity contribution in [3.63, 3.8) is 0 Å². The molecule has 5 nitrogen and oxygen atoms in total. The Bertz CT molecular complexity index is 443. The van der Waals surface area contributed by atoms with Crippen molar-refractivity contribution in [2.45, 2.75) is 38.3 Å². The Morgan fingerprint density at radius 2 is 1.84 bits per heavy atom. The topological polar surface area (TPSA) is 98.2 Å². The maximum absolute atomic E-state index is 12.0. The smallest absolute Gasteiger partial charge is 0.237 e. The van der Waals surface area contributed by atoms with Crippen molar-refractivity contribution in [1.82, 2.24) is 5.32 Å². The lowest BCUT2D eigenvalue weighted by atomic mass is 9.98. The van der Waals surface area contributed by atoms with Crippen LogP contribution in [0.5, 0.6) is 0 Å². The predicted molar refractivity (Wildman–Crippen MR) is 74.2 cm³/mol. The Morgan fingerprint density at radius 3 is 2.37 bits per heavy atom. The molecule has 0 unspecified atom stereocenters. The molecule has 0 aliphatic carbocycles. The summed E-state index contributed by atoms with van der Waals surface area (Å²) in [4.78, 5) is 22.9. The van der Waals surface area contributed by atoms with Crippen molar-refractivity contribution < 1.29 is 9.59 Å². The fourth-order valence-corrected chi connectivity index (χ4v) is 1.87. The SMILES string of the molecule is CC(C)(CC(N)=O)NC(=O)[C@H](N)Cc1ccccc1. The summed E-state index contributed by atoms with van der Waals surface area (Å²) in [5.41, 5.74) is 11.3. The molecule has 1 rings (SSSR count). The van der Waals surface area contributed by atoms with Crippen molar-refractivity contribution >= 4 is 11.8 Å². The first-order chi connectivity index (χ1) is 8.80. The van der Waals surface area contributed by atoms with Crippen molar-refractivity contribution in [2.75, 3.05) is 0 Å². The van der Waals surface area contributed by atoms with Gasteiger partial charge in [-0.25, -0.2) is 0 Å². The monoisotopic (exact) mass is 263 g/mol. The van der Waals surface area contributed by atoms with Gasteiger partial charge in [-0.15, -0.1) is 0 Å². The third kappa shape index (κ3) is 5.52. The van der Waals surface area contributed by atoms with Crippen LogP contribution >= 0.6 is 0 Å². The summed E-state index contributed by atoms with van der Waals surface area (Å²) < 4.78 is 0. The van der Waals surface area contributed by atoms with Gasteiger partial charge in [0.2, 0.25) is 11.8 Å². The fourth-order valence-electron chi connectivity index (χ4n) is 1.87. The van der Waals surface area contributed by atoms with Gasteiger partial charge in [0.05, 0.1) is 6.04 Å². The average molecular weight is 263 g/mol. The van der Waals surface area contributed by atoms with Crippen molar-refractivity contribution in [3.8, 4) is 0 Å². The highest BCUT2D eigenvalue weighted by molar-refractivity contribution is 5.83. The summed E-state index contributed by atoms with van der Waals surface area (Å²) >= 11 is 0. The number of amides is 2. The minimum atomic E-state index is -0.683. The van der Waals surface area contributed by atoms with E-state index in [0.29, 0.717) is 6.42 Å². The Labute approximate surface area is 113 Å². The molecule has 0 heterocycles. The van der Waals surface area contributed by atoms with Gasteiger partial charge >= 0.3 is 0 Å². The number of carbonyl (C=O) groups excluding carboxylic acids is 2. The molecule has 0 aliphatic rings. The number of nitrogens with one attached hydrogen (secondary N) is 1. The number of primary amides is 1. The van der Waals surface area contributed by atoms with E-state index >= 15 is 0 Å². The molecule has 0 aliphatic heterocycles. The van der Waals surface area contributed by atoms with Crippen LogP contribution in [0.1, 0.15) is 25.8 Å². The first kappa shape index (κ1) is 15.2. The number of carbonyl (C=O) groups is 2. The van der Waals surface area contributed by atoms with Gasteiger partial charge in [0.25, 0.3) is 0 Å². The summed E-state index contributed by atoms with van der Waals surface area (Å²) in [6.45, 7) is 3.48. The Hall–Kier alpha value is -1.88. The molecule has 5 N–H and O–H groups in total. The number of hydrogen-bond donors (Lipinski definition) is 3. The van der Waals surface area contributed by atoms with Crippen LogP contribution in [0.25, 0.3) is 0 Å². The molecular formula is C14H21N3O2. The highest BCUT2D eigenvalue weighted by Crippen LogP contribution is 2.09. The minimum Gasteiger partial charge on any atom is -0.370 e. The zero-order valence-corrected chi connectivity index (χ0v) is 11.3. The van der Waals surface area contributed by atoms with Gasteiger partial charge < -0.3 is 16.8 Å². The number of nitrogens with two attached hydrogens (primary N) is 2. The van der Waals surface area contributed by atoms with Gasteiger partial charge in [-0.2, -0.15) is 0 Å². The van der Waals surface area contributed by atoms with Crippen LogP contribution in [0.15, 0.2) is 30.3 Å². The second-order valence-corrected chi connectivity index (χ2v) is 5.31. The quantitative estimate of drug-likeness (QED) is 0.689. The molecule has 0 aromatic heterocycles. The zero-order chi connectivity index (χ0) is 14.5. The first-order valence-corrected chi connectivity index (χ1v) is 6.20. The molecule has 0 saturated carbocycles. The summed E-state index contributed by atoms with van der Waals surface area (Å²) in [6, 6.07) is 8.90. The van der Waals surface area contributed by atoms with E-state index in [0.717, 1.165) is 5.56 Å². The summed E-state index contributed by atoms with van der Waals surface area (Å²) in [5, 5.41) is 2.74. The molecule has 5 heteroatoms. The lowest BCUT2D eigenvalue weighted by Crippen LogP contribution is -2.52. The molecule has 2 amide bonds. The van der Waals surface area contributed by atoms with Gasteiger partial charge in [-0.05, 0) is 25.8 Å². The largest absolute Gasteiger partial charge is 0.370 e. The number of hydrogen-bond acceptors (Lipinski definition) is 3. The molecule has 0 spiro atoms. The molecule has 0 radical (unpaired) electrons. The van der Waals surface area contributed by atoms with Gasteiger partial charge in [0.1, 0.15) is 0 Å². The van der Waals surface area contributed by atoms with E-state index in [2.05, 4.69) is 5.32 Å². The molecule has 104 valence electrons. The molecule has 0 bridgehead atoms. The van der Waals surface area contributed by atoms with E-state index in [4.69, 9.17) is 11.5 Å². The van der Waals surface area contributed by atoms with Crippen LogP contribution < -0.4 is 16.8 Å². The molecule has 0 fully saturated rings. The van der Waals surface area contributed by atoms with E-state index in [1.165, 1.54) is 0 Å². The molecule has 1 aromatic rings. The minimum absolute atomic E-state index is 0.0802. The van der Waals surface area contributed by atoms with Gasteiger partial charge in [-0.1, -0.05) is 30.3 Å². The highest BCUT2D eigenvalue weighted by Gasteiger charge is 2.25. The Morgan fingerprint density at radius 1 is 1.26 bits per heavy atom. The Kier molecular flexibility index (Phi) is 5.06. The predicted octanol–water partition coefficient (Wildman–Crippen LogP) is 0.327. The normalized spacial score (nSPS) is 12.8. The van der Waals surface area contributed by atoms with E-state index in [9.17, 15) is 9.59 Å². The van der Waals surface area contributed by atoms with Crippen LogP contribution in [0.3, 0.4) is 0 Å². The zero-order valence-electron chi connectivity index (χ0n) is 11.3. The maximum atomic E-state index is 12.0. The molecule has 0 saturated heterocycles. The van der Waals surface area contributed by atoms with Crippen LogP contribution in [0.2, 0.25) is 0 Å². The van der Waals surface area contributed by atoms with Gasteiger partial charge in [0, 0.05) is 12.0 Å². The van der Waals surface area contributed by atoms with E-state index in [1.807, 2.05) is 30.3 Å². The molecular weight excluding hydrogens is 242 g/mol. The van der Waals surface area contributed by atoms with Crippen LogP contribution in [0.4, 0.5) is 0 Å². The third-order valence-corrected chi connectivity index (χ3v) is 2.71. The number of benzene rings is 1. The fraction of sp³-hybridized carbons (Fsp3) is 0.429. The van der Waals surface area contributed by atoms with Crippen molar-refractivity contribution in [3.05, 3.63) is 35.9 Å². The molecule has 19 heavy (non-hydrogen) atoms. The van der Waals surface area contributed by atoms with Crippen LogP contribution in [-0.2, 0) is 16.0 Å².